The number of piperidine rings is 1. The SMILES string of the molecule is Cn1cc(C2CCC(=O)NC2=O)c2cc(Br)cnc21. The molecule has 5 nitrogen and oxygen atoms in total. The van der Waals surface area contributed by atoms with Crippen LogP contribution in [0, 0.1) is 0 Å². The number of carbonyl (C=O) groups excluding carboxylic acids is 2. The monoisotopic (exact) mass is 321 g/mol. The quantitative estimate of drug-likeness (QED) is 0.815. The summed E-state index contributed by atoms with van der Waals surface area (Å²) in [6, 6.07) is 1.96. The standard InChI is InChI=1S/C13H12BrN3O2/c1-17-6-10(8-2-3-11(18)16-13(8)19)9-4-7(14)5-15-12(9)17/h4-6,8H,2-3H2,1H3,(H,16,18,19). The van der Waals surface area contributed by atoms with E-state index >= 15 is 0 Å². The van der Waals surface area contributed by atoms with Gasteiger partial charge in [0, 0.05) is 35.7 Å². The molecule has 1 saturated heterocycles. The Hall–Kier alpha value is -1.69. The Morgan fingerprint density at radius 2 is 2.26 bits per heavy atom. The number of fused-ring (bicyclic) bond motifs is 1. The van der Waals surface area contributed by atoms with Gasteiger partial charge in [-0.1, -0.05) is 0 Å². The van der Waals surface area contributed by atoms with Crippen LogP contribution in [-0.2, 0) is 16.6 Å². The number of aromatic nitrogens is 2. The van der Waals surface area contributed by atoms with Gasteiger partial charge in [-0.3, -0.25) is 14.9 Å². The normalized spacial score (nSPS) is 19.8. The maximum absolute atomic E-state index is 12.0. The molecule has 2 aromatic rings. The number of imide groups is 1. The lowest BCUT2D eigenvalue weighted by molar-refractivity contribution is -0.134. The Morgan fingerprint density at radius 3 is 3.00 bits per heavy atom. The van der Waals surface area contributed by atoms with E-state index in [0.29, 0.717) is 12.8 Å². The van der Waals surface area contributed by atoms with Crippen LogP contribution in [0.4, 0.5) is 0 Å². The molecule has 0 aromatic carbocycles. The Kier molecular flexibility index (Phi) is 2.89. The molecule has 1 N–H and O–H groups in total. The second-order valence-electron chi connectivity index (χ2n) is 4.72. The second-order valence-corrected chi connectivity index (χ2v) is 5.64. The number of rotatable bonds is 1. The van der Waals surface area contributed by atoms with E-state index in [1.807, 2.05) is 23.9 Å². The molecule has 1 fully saturated rings. The average molecular weight is 322 g/mol. The number of amides is 2. The summed E-state index contributed by atoms with van der Waals surface area (Å²) in [6.07, 6.45) is 4.59. The van der Waals surface area contributed by atoms with Crippen molar-refractivity contribution in [2.45, 2.75) is 18.8 Å². The Morgan fingerprint density at radius 1 is 1.47 bits per heavy atom. The average Bonchev–Trinajstić information content (AvgIpc) is 2.66. The van der Waals surface area contributed by atoms with E-state index in [-0.39, 0.29) is 17.7 Å². The Bertz CT molecular complexity index is 692. The number of aryl methyl sites for hydroxylation is 1. The van der Waals surface area contributed by atoms with Gasteiger partial charge in [0.05, 0.1) is 5.92 Å². The van der Waals surface area contributed by atoms with Crippen LogP contribution < -0.4 is 5.32 Å². The number of nitrogens with one attached hydrogen (secondary N) is 1. The van der Waals surface area contributed by atoms with Crippen molar-refractivity contribution in [2.75, 3.05) is 0 Å². The number of hydrogen-bond donors (Lipinski definition) is 1. The van der Waals surface area contributed by atoms with E-state index in [9.17, 15) is 9.59 Å². The van der Waals surface area contributed by atoms with Gasteiger partial charge in [0.25, 0.3) is 0 Å². The highest BCUT2D eigenvalue weighted by atomic mass is 79.9. The molecule has 0 radical (unpaired) electrons. The van der Waals surface area contributed by atoms with E-state index < -0.39 is 0 Å². The Labute approximate surface area is 118 Å². The van der Waals surface area contributed by atoms with Gasteiger partial charge in [0.2, 0.25) is 11.8 Å². The zero-order valence-electron chi connectivity index (χ0n) is 10.3. The van der Waals surface area contributed by atoms with Crippen molar-refractivity contribution in [3.05, 3.63) is 28.5 Å². The lowest BCUT2D eigenvalue weighted by Crippen LogP contribution is -2.39. The summed E-state index contributed by atoms with van der Waals surface area (Å²) in [7, 11) is 1.90. The fourth-order valence-corrected chi connectivity index (χ4v) is 2.86. The van der Waals surface area contributed by atoms with Gasteiger partial charge in [-0.2, -0.15) is 0 Å². The zero-order valence-corrected chi connectivity index (χ0v) is 11.9. The van der Waals surface area contributed by atoms with Crippen molar-refractivity contribution in [1.29, 1.82) is 0 Å². The van der Waals surface area contributed by atoms with Gasteiger partial charge in [-0.15, -0.1) is 0 Å². The highest BCUT2D eigenvalue weighted by Gasteiger charge is 2.30. The first-order chi connectivity index (χ1) is 9.06. The molecule has 2 amide bonds. The molecule has 19 heavy (non-hydrogen) atoms. The van der Waals surface area contributed by atoms with E-state index in [1.165, 1.54) is 0 Å². The Balaban J connectivity index is 2.12. The van der Waals surface area contributed by atoms with Crippen LogP contribution >= 0.6 is 15.9 Å². The smallest absolute Gasteiger partial charge is 0.234 e. The maximum Gasteiger partial charge on any atom is 0.234 e. The molecule has 3 heterocycles. The van der Waals surface area contributed by atoms with Crippen LogP contribution in [0.2, 0.25) is 0 Å². The number of hydrogen-bond acceptors (Lipinski definition) is 3. The van der Waals surface area contributed by atoms with Crippen molar-refractivity contribution >= 4 is 38.8 Å². The number of carbonyl (C=O) groups is 2. The second kappa shape index (κ2) is 4.45. The molecule has 0 saturated carbocycles. The van der Waals surface area contributed by atoms with Gasteiger partial charge in [-0.05, 0) is 34.0 Å². The highest BCUT2D eigenvalue weighted by molar-refractivity contribution is 9.10. The predicted octanol–water partition coefficient (Wildman–Crippen LogP) is 1.86. The highest BCUT2D eigenvalue weighted by Crippen LogP contribution is 2.32. The molecule has 1 unspecified atom stereocenters. The molecule has 0 aliphatic carbocycles. The van der Waals surface area contributed by atoms with Gasteiger partial charge in [-0.25, -0.2) is 4.98 Å². The van der Waals surface area contributed by atoms with E-state index in [2.05, 4.69) is 26.2 Å². The first-order valence-electron chi connectivity index (χ1n) is 6.00. The predicted molar refractivity (Wildman–Crippen MR) is 73.5 cm³/mol. The summed E-state index contributed by atoms with van der Waals surface area (Å²) in [4.78, 5) is 27.5. The summed E-state index contributed by atoms with van der Waals surface area (Å²) in [6.45, 7) is 0. The first-order valence-corrected chi connectivity index (χ1v) is 6.79. The molecular formula is C13H12BrN3O2. The molecule has 1 aliphatic rings. The number of halogens is 1. The van der Waals surface area contributed by atoms with Crippen LogP contribution in [0.3, 0.4) is 0 Å². The minimum absolute atomic E-state index is 0.194. The van der Waals surface area contributed by atoms with Crippen LogP contribution in [0.1, 0.15) is 24.3 Å². The topological polar surface area (TPSA) is 64.0 Å². The zero-order chi connectivity index (χ0) is 13.6. The van der Waals surface area contributed by atoms with E-state index in [1.54, 1.807) is 6.20 Å². The minimum atomic E-state index is -0.280. The largest absolute Gasteiger partial charge is 0.335 e. The minimum Gasteiger partial charge on any atom is -0.335 e. The summed E-state index contributed by atoms with van der Waals surface area (Å²) >= 11 is 3.40. The van der Waals surface area contributed by atoms with Gasteiger partial charge >= 0.3 is 0 Å². The molecule has 0 spiro atoms. The fraction of sp³-hybridized carbons (Fsp3) is 0.308. The van der Waals surface area contributed by atoms with Gasteiger partial charge in [0.15, 0.2) is 0 Å². The van der Waals surface area contributed by atoms with Crippen molar-refractivity contribution in [2.24, 2.45) is 7.05 Å². The molecule has 2 aromatic heterocycles. The molecule has 6 heteroatoms. The summed E-state index contributed by atoms with van der Waals surface area (Å²) < 4.78 is 2.78. The third-order valence-corrected chi connectivity index (χ3v) is 3.86. The lowest BCUT2D eigenvalue weighted by Gasteiger charge is -2.20. The fourth-order valence-electron chi connectivity index (χ4n) is 2.53. The van der Waals surface area contributed by atoms with Crippen molar-refractivity contribution in [3.63, 3.8) is 0 Å². The molecular weight excluding hydrogens is 310 g/mol. The summed E-state index contributed by atoms with van der Waals surface area (Å²) in [5, 5.41) is 3.35. The lowest BCUT2D eigenvalue weighted by atomic mass is 9.91. The molecule has 0 bridgehead atoms. The molecule has 1 aliphatic heterocycles. The summed E-state index contributed by atoms with van der Waals surface area (Å²) in [5.74, 6) is -0.693. The van der Waals surface area contributed by atoms with Crippen molar-refractivity contribution in [1.82, 2.24) is 14.9 Å². The number of pyridine rings is 1. The molecule has 3 rings (SSSR count). The molecule has 1 atom stereocenters. The van der Waals surface area contributed by atoms with E-state index in [0.717, 1.165) is 21.1 Å². The first kappa shape index (κ1) is 12.3. The van der Waals surface area contributed by atoms with Crippen LogP contribution in [0.15, 0.2) is 22.9 Å². The third-order valence-electron chi connectivity index (χ3n) is 3.43. The summed E-state index contributed by atoms with van der Waals surface area (Å²) in [5.41, 5.74) is 1.76. The van der Waals surface area contributed by atoms with Crippen LogP contribution in [0.5, 0.6) is 0 Å². The number of nitrogens with zero attached hydrogens (tertiary/aromatic N) is 2. The van der Waals surface area contributed by atoms with Crippen LogP contribution in [-0.4, -0.2) is 21.4 Å². The third kappa shape index (κ3) is 2.06. The van der Waals surface area contributed by atoms with Gasteiger partial charge in [0.1, 0.15) is 5.65 Å². The van der Waals surface area contributed by atoms with Crippen molar-refractivity contribution in [3.8, 4) is 0 Å². The van der Waals surface area contributed by atoms with Crippen LogP contribution in [0.25, 0.3) is 11.0 Å². The molecule has 98 valence electrons. The maximum atomic E-state index is 12.0. The van der Waals surface area contributed by atoms with E-state index in [4.69, 9.17) is 0 Å². The van der Waals surface area contributed by atoms with Gasteiger partial charge < -0.3 is 4.57 Å². The van der Waals surface area contributed by atoms with Crippen molar-refractivity contribution < 1.29 is 9.59 Å².